The molecule has 0 amide bonds. The highest BCUT2D eigenvalue weighted by Crippen LogP contribution is 2.25. The van der Waals surface area contributed by atoms with Crippen molar-refractivity contribution in [1.29, 1.82) is 0 Å². The molecule has 0 saturated carbocycles. The number of aliphatic imine (C=N–C) groups is 1. The Morgan fingerprint density at radius 3 is 2.79 bits per heavy atom. The second kappa shape index (κ2) is 7.51. The van der Waals surface area contributed by atoms with Crippen LogP contribution in [0.4, 0.5) is 4.39 Å². The van der Waals surface area contributed by atoms with Crippen LogP contribution in [0.1, 0.15) is 19.4 Å². The molecular formula is C19H22FN7O. The Bertz CT molecular complexity index is 1020. The largest absolute Gasteiger partial charge is 0.473 e. The average molecular weight is 383 g/mol. The Morgan fingerprint density at radius 2 is 2.07 bits per heavy atom. The first kappa shape index (κ1) is 18.3. The maximum atomic E-state index is 14.3. The molecule has 2 aromatic heterocycles. The molecule has 1 atom stereocenters. The summed E-state index contributed by atoms with van der Waals surface area (Å²) in [7, 11) is 1.89. The van der Waals surface area contributed by atoms with Crippen molar-refractivity contribution in [3.63, 3.8) is 0 Å². The zero-order valence-electron chi connectivity index (χ0n) is 16.0. The molecule has 0 radical (unpaired) electrons. The minimum Gasteiger partial charge on any atom is -0.473 e. The highest BCUT2D eigenvalue weighted by Gasteiger charge is 2.21. The average Bonchev–Trinajstić information content (AvgIpc) is 3.25. The molecule has 1 aromatic carbocycles. The van der Waals surface area contributed by atoms with Crippen LogP contribution in [0.3, 0.4) is 0 Å². The highest BCUT2D eigenvalue weighted by molar-refractivity contribution is 5.60. The predicted molar refractivity (Wildman–Crippen MR) is 103 cm³/mol. The van der Waals surface area contributed by atoms with Gasteiger partial charge in [-0.15, -0.1) is 15.3 Å². The van der Waals surface area contributed by atoms with Gasteiger partial charge in [0.2, 0.25) is 5.88 Å². The van der Waals surface area contributed by atoms with E-state index in [0.717, 1.165) is 12.0 Å². The fourth-order valence-electron chi connectivity index (χ4n) is 3.08. The number of nitrogens with one attached hydrogen (secondary N) is 1. The first-order chi connectivity index (χ1) is 13.5. The summed E-state index contributed by atoms with van der Waals surface area (Å²) in [5.74, 6) is 0.857. The molecule has 1 aliphatic rings. The maximum absolute atomic E-state index is 14.3. The van der Waals surface area contributed by atoms with Crippen LogP contribution in [0, 0.1) is 11.7 Å². The second-order valence-corrected chi connectivity index (χ2v) is 7.16. The van der Waals surface area contributed by atoms with Gasteiger partial charge < -0.3 is 10.2 Å². The van der Waals surface area contributed by atoms with Gasteiger partial charge in [0, 0.05) is 12.6 Å². The van der Waals surface area contributed by atoms with E-state index in [4.69, 9.17) is 4.74 Å². The Labute approximate surface area is 162 Å². The van der Waals surface area contributed by atoms with Gasteiger partial charge in [0.05, 0.1) is 11.9 Å². The molecule has 1 N–H and O–H groups in total. The van der Waals surface area contributed by atoms with Crippen LogP contribution in [-0.4, -0.2) is 51.0 Å². The lowest BCUT2D eigenvalue weighted by Gasteiger charge is -2.19. The van der Waals surface area contributed by atoms with Gasteiger partial charge in [-0.2, -0.15) is 9.52 Å². The summed E-state index contributed by atoms with van der Waals surface area (Å²) < 4.78 is 21.8. The molecule has 0 saturated heterocycles. The third-order valence-electron chi connectivity index (χ3n) is 4.50. The van der Waals surface area contributed by atoms with Crippen molar-refractivity contribution in [3.8, 4) is 17.3 Å². The summed E-state index contributed by atoms with van der Waals surface area (Å²) in [4.78, 5) is 4.31. The molecule has 3 aromatic rings. The van der Waals surface area contributed by atoms with Crippen molar-refractivity contribution >= 4 is 12.0 Å². The van der Waals surface area contributed by atoms with E-state index in [2.05, 4.69) is 39.6 Å². The van der Waals surface area contributed by atoms with Crippen molar-refractivity contribution in [3.05, 3.63) is 41.7 Å². The number of hydrazine groups is 1. The van der Waals surface area contributed by atoms with Crippen molar-refractivity contribution in [2.75, 3.05) is 13.7 Å². The normalized spacial score (nSPS) is 16.8. The molecular weight excluding hydrogens is 361 g/mol. The van der Waals surface area contributed by atoms with E-state index in [0.29, 0.717) is 35.4 Å². The fourth-order valence-corrected chi connectivity index (χ4v) is 3.08. The number of hydrogen-bond acceptors (Lipinski definition) is 7. The molecule has 4 rings (SSSR count). The Morgan fingerprint density at radius 1 is 1.25 bits per heavy atom. The summed E-state index contributed by atoms with van der Waals surface area (Å²) in [5, 5.41) is 14.8. The molecule has 0 bridgehead atoms. The zero-order chi connectivity index (χ0) is 19.7. The first-order valence-electron chi connectivity index (χ1n) is 9.16. The number of fused-ring (bicyclic) bond motifs is 1. The summed E-state index contributed by atoms with van der Waals surface area (Å²) in [6.07, 6.45) is 2.27. The van der Waals surface area contributed by atoms with Crippen molar-refractivity contribution < 1.29 is 9.13 Å². The smallest absolute Gasteiger partial charge is 0.235 e. The Hall–Kier alpha value is -3.07. The van der Waals surface area contributed by atoms with Crippen LogP contribution in [0.5, 0.6) is 5.88 Å². The van der Waals surface area contributed by atoms with Gasteiger partial charge in [0.25, 0.3) is 0 Å². The van der Waals surface area contributed by atoms with Crippen LogP contribution < -0.4 is 10.2 Å². The number of nitrogens with zero attached hydrogens (tertiary/aromatic N) is 6. The zero-order valence-corrected chi connectivity index (χ0v) is 16.0. The predicted octanol–water partition coefficient (Wildman–Crippen LogP) is 2.31. The number of benzene rings is 1. The summed E-state index contributed by atoms with van der Waals surface area (Å²) in [5.41, 5.74) is 4.82. The van der Waals surface area contributed by atoms with Crippen LogP contribution >= 0.6 is 0 Å². The summed E-state index contributed by atoms with van der Waals surface area (Å²) in [6, 6.07) is 8.34. The van der Waals surface area contributed by atoms with E-state index in [1.165, 1.54) is 10.6 Å². The lowest BCUT2D eigenvalue weighted by Crippen LogP contribution is -2.38. The topological polar surface area (TPSA) is 79.9 Å². The molecule has 28 heavy (non-hydrogen) atoms. The molecule has 146 valence electrons. The van der Waals surface area contributed by atoms with Crippen LogP contribution in [0.15, 0.2) is 35.3 Å². The number of hydrogen-bond donors (Lipinski definition) is 1. The third kappa shape index (κ3) is 3.53. The van der Waals surface area contributed by atoms with Gasteiger partial charge in [-0.1, -0.05) is 26.0 Å². The van der Waals surface area contributed by atoms with E-state index in [9.17, 15) is 4.39 Å². The highest BCUT2D eigenvalue weighted by atomic mass is 19.1. The second-order valence-electron chi connectivity index (χ2n) is 7.16. The van der Waals surface area contributed by atoms with Gasteiger partial charge in [-0.05, 0) is 30.5 Å². The van der Waals surface area contributed by atoms with Crippen LogP contribution in [0.25, 0.3) is 17.0 Å². The van der Waals surface area contributed by atoms with E-state index >= 15 is 0 Å². The van der Waals surface area contributed by atoms with Gasteiger partial charge in [0.1, 0.15) is 12.4 Å². The fraction of sp³-hybridized carbons (Fsp3) is 0.368. The van der Waals surface area contributed by atoms with E-state index in [1.54, 1.807) is 24.5 Å². The van der Waals surface area contributed by atoms with Gasteiger partial charge in [0.15, 0.2) is 17.6 Å². The van der Waals surface area contributed by atoms with Crippen LogP contribution in [0.2, 0.25) is 0 Å². The van der Waals surface area contributed by atoms with Crippen molar-refractivity contribution in [1.82, 2.24) is 30.2 Å². The Balaban J connectivity index is 1.73. The standard InChI is InChI=1S/C19H22FN7O/c1-12(2)8-13-9-16-23-24-18(14-6-4-5-7-15(14)20)27(16)25-19(13)28-10-17-21-11-22-26(17)3/h4-7,9,11-12,17H,8,10H2,1-3H3,(H,21,22). The van der Waals surface area contributed by atoms with Gasteiger partial charge >= 0.3 is 0 Å². The molecule has 1 unspecified atom stereocenters. The molecule has 3 heterocycles. The number of rotatable bonds is 6. The summed E-state index contributed by atoms with van der Waals surface area (Å²) >= 11 is 0. The molecule has 0 fully saturated rings. The van der Waals surface area contributed by atoms with Crippen LogP contribution in [-0.2, 0) is 6.42 Å². The van der Waals surface area contributed by atoms with E-state index in [1.807, 2.05) is 18.1 Å². The monoisotopic (exact) mass is 383 g/mol. The number of aromatic nitrogens is 4. The summed E-state index contributed by atoms with van der Waals surface area (Å²) in [6.45, 7) is 4.59. The maximum Gasteiger partial charge on any atom is 0.235 e. The quantitative estimate of drug-likeness (QED) is 0.704. The van der Waals surface area contributed by atoms with E-state index < -0.39 is 0 Å². The van der Waals surface area contributed by atoms with Gasteiger partial charge in [-0.25, -0.2) is 4.39 Å². The van der Waals surface area contributed by atoms with Crippen molar-refractivity contribution in [2.45, 2.75) is 26.4 Å². The molecule has 9 heteroatoms. The number of likely N-dealkylation sites (N-methyl/N-ethyl adjacent to an activating group) is 1. The lowest BCUT2D eigenvalue weighted by atomic mass is 10.0. The SMILES string of the molecule is CC(C)Cc1cc2nnc(-c3ccccc3F)n2nc1OCC1N=CNN1C. The number of ether oxygens (including phenoxy) is 1. The molecule has 0 spiro atoms. The van der Waals surface area contributed by atoms with Gasteiger partial charge in [-0.3, -0.25) is 4.99 Å². The minimum atomic E-state index is -0.375. The molecule has 1 aliphatic heterocycles. The number of halogens is 1. The van der Waals surface area contributed by atoms with E-state index in [-0.39, 0.29) is 12.0 Å². The Kier molecular flexibility index (Phi) is 4.91. The molecule has 8 nitrogen and oxygen atoms in total. The lowest BCUT2D eigenvalue weighted by molar-refractivity contribution is 0.157. The third-order valence-corrected chi connectivity index (χ3v) is 4.50. The van der Waals surface area contributed by atoms with Crippen molar-refractivity contribution in [2.24, 2.45) is 10.9 Å². The molecule has 0 aliphatic carbocycles. The first-order valence-corrected chi connectivity index (χ1v) is 9.16. The minimum absolute atomic E-state index is 0.142.